The van der Waals surface area contributed by atoms with E-state index in [-0.39, 0.29) is 5.41 Å². The summed E-state index contributed by atoms with van der Waals surface area (Å²) in [6.07, 6.45) is 0. The van der Waals surface area contributed by atoms with Crippen LogP contribution in [0.4, 0.5) is 17.1 Å². The van der Waals surface area contributed by atoms with Gasteiger partial charge in [-0.05, 0) is 123 Å². The SMILES string of the molecule is CC1(C)c2ccccc2-c2ccc(-c3ccc(N(c4ccccc4)c4ccc5oc6ccc(-c7ccc8sc9ccccc9c8c7)cc6c5c4)cc3)cc21. The van der Waals surface area contributed by atoms with Gasteiger partial charge in [0.05, 0.1) is 0 Å². The lowest BCUT2D eigenvalue weighted by atomic mass is 9.81. The van der Waals surface area contributed by atoms with Gasteiger partial charge in [0.15, 0.2) is 0 Å². The first kappa shape index (κ1) is 31.1. The van der Waals surface area contributed by atoms with Crippen LogP contribution < -0.4 is 4.90 Å². The number of fused-ring (bicyclic) bond motifs is 9. The van der Waals surface area contributed by atoms with E-state index in [4.69, 9.17) is 4.42 Å². The zero-order chi connectivity index (χ0) is 36.0. The molecule has 2 aromatic heterocycles. The summed E-state index contributed by atoms with van der Waals surface area (Å²) in [5.74, 6) is 0. The summed E-state index contributed by atoms with van der Waals surface area (Å²) in [5, 5.41) is 4.84. The van der Waals surface area contributed by atoms with Crippen molar-refractivity contribution in [2.75, 3.05) is 4.90 Å². The van der Waals surface area contributed by atoms with Crippen molar-refractivity contribution in [3.63, 3.8) is 0 Å². The maximum Gasteiger partial charge on any atom is 0.135 e. The molecule has 0 saturated heterocycles. The van der Waals surface area contributed by atoms with Crippen LogP contribution in [0.1, 0.15) is 25.0 Å². The lowest BCUT2D eigenvalue weighted by Gasteiger charge is -2.26. The Hall–Kier alpha value is -6.42. The first-order valence-corrected chi connectivity index (χ1v) is 19.4. The van der Waals surface area contributed by atoms with Crippen molar-refractivity contribution in [1.82, 2.24) is 0 Å². The third-order valence-electron chi connectivity index (χ3n) is 11.5. The van der Waals surface area contributed by atoms with Gasteiger partial charge in [0.25, 0.3) is 0 Å². The smallest absolute Gasteiger partial charge is 0.135 e. The van der Waals surface area contributed by atoms with Crippen LogP contribution >= 0.6 is 11.3 Å². The highest BCUT2D eigenvalue weighted by atomic mass is 32.1. The van der Waals surface area contributed by atoms with Crippen LogP contribution in [0.15, 0.2) is 180 Å². The molecule has 8 aromatic carbocycles. The number of anilines is 3. The normalized spacial score (nSPS) is 13.1. The van der Waals surface area contributed by atoms with Gasteiger partial charge in [-0.3, -0.25) is 0 Å². The summed E-state index contributed by atoms with van der Waals surface area (Å²) in [5.41, 5.74) is 15.4. The van der Waals surface area contributed by atoms with Gasteiger partial charge in [0.1, 0.15) is 11.2 Å². The van der Waals surface area contributed by atoms with Gasteiger partial charge in [-0.2, -0.15) is 0 Å². The van der Waals surface area contributed by atoms with Crippen LogP contribution in [-0.4, -0.2) is 0 Å². The van der Waals surface area contributed by atoms with Crippen molar-refractivity contribution in [1.29, 1.82) is 0 Å². The van der Waals surface area contributed by atoms with Gasteiger partial charge in [-0.1, -0.05) is 111 Å². The minimum absolute atomic E-state index is 0.0326. The van der Waals surface area contributed by atoms with Crippen LogP contribution in [0.5, 0.6) is 0 Å². The molecule has 54 heavy (non-hydrogen) atoms. The number of benzene rings is 8. The highest BCUT2D eigenvalue weighted by Crippen LogP contribution is 2.50. The fourth-order valence-corrected chi connectivity index (χ4v) is 9.79. The molecular weight excluding hydrogens is 675 g/mol. The Bertz CT molecular complexity index is 3080. The number of furan rings is 1. The Morgan fingerprint density at radius 1 is 0.407 bits per heavy atom. The Morgan fingerprint density at radius 2 is 0.981 bits per heavy atom. The third kappa shape index (κ3) is 4.79. The maximum atomic E-state index is 6.42. The number of thiophene rings is 1. The summed E-state index contributed by atoms with van der Waals surface area (Å²) in [7, 11) is 0. The summed E-state index contributed by atoms with van der Waals surface area (Å²) in [6, 6.07) is 64.1. The van der Waals surface area contributed by atoms with Crippen LogP contribution in [0.2, 0.25) is 0 Å². The van der Waals surface area contributed by atoms with Crippen molar-refractivity contribution in [2.45, 2.75) is 19.3 Å². The molecule has 1 aliphatic carbocycles. The number of nitrogens with zero attached hydrogens (tertiary/aromatic N) is 1. The minimum atomic E-state index is -0.0326. The van der Waals surface area contributed by atoms with E-state index in [2.05, 4.69) is 195 Å². The lowest BCUT2D eigenvalue weighted by Crippen LogP contribution is -2.14. The molecule has 0 atom stereocenters. The standard InChI is InChI=1S/C51H35NOS/c1-51(2)45-14-8-6-12-39(45)40-24-18-35(30-46(40)51)32-16-21-37(22-17-32)52(36-10-4-3-5-11-36)38-23-26-48-43(31-38)42-28-33(19-25-47(42)53-48)34-20-27-50-44(29-34)41-13-7-9-15-49(41)54-50/h3-31H,1-2H3. The van der Waals surface area contributed by atoms with Gasteiger partial charge < -0.3 is 9.32 Å². The van der Waals surface area contributed by atoms with Crippen LogP contribution in [0.25, 0.3) is 75.5 Å². The molecule has 0 unspecified atom stereocenters. The van der Waals surface area contributed by atoms with Gasteiger partial charge in [-0.25, -0.2) is 0 Å². The second kappa shape index (κ2) is 11.8. The van der Waals surface area contributed by atoms with E-state index in [0.29, 0.717) is 0 Å². The number of hydrogen-bond donors (Lipinski definition) is 0. The third-order valence-corrected chi connectivity index (χ3v) is 12.6. The average molecular weight is 710 g/mol. The van der Waals surface area contributed by atoms with E-state index in [1.54, 1.807) is 0 Å². The monoisotopic (exact) mass is 709 g/mol. The molecule has 0 spiro atoms. The topological polar surface area (TPSA) is 16.4 Å². The molecule has 2 heterocycles. The average Bonchev–Trinajstić information content (AvgIpc) is 3.85. The van der Waals surface area contributed by atoms with Crippen molar-refractivity contribution < 1.29 is 4.42 Å². The molecule has 0 bridgehead atoms. The molecule has 256 valence electrons. The first-order chi connectivity index (χ1) is 26.5. The molecule has 0 N–H and O–H groups in total. The van der Waals surface area contributed by atoms with E-state index >= 15 is 0 Å². The van der Waals surface area contributed by atoms with E-state index in [1.807, 2.05) is 11.3 Å². The lowest BCUT2D eigenvalue weighted by molar-refractivity contribution is 0.660. The van der Waals surface area contributed by atoms with Gasteiger partial charge in [0.2, 0.25) is 0 Å². The van der Waals surface area contributed by atoms with Gasteiger partial charge >= 0.3 is 0 Å². The fourth-order valence-electron chi connectivity index (χ4n) is 8.70. The molecule has 0 fully saturated rings. The second-order valence-electron chi connectivity index (χ2n) is 15.0. The number of rotatable bonds is 5. The molecule has 0 aliphatic heterocycles. The highest BCUT2D eigenvalue weighted by Gasteiger charge is 2.35. The molecule has 3 heteroatoms. The molecule has 10 aromatic rings. The molecule has 1 aliphatic rings. The molecule has 0 saturated carbocycles. The minimum Gasteiger partial charge on any atom is -0.456 e. The summed E-state index contributed by atoms with van der Waals surface area (Å²) in [6.45, 7) is 4.68. The van der Waals surface area contributed by atoms with E-state index in [0.717, 1.165) is 39.0 Å². The Balaban J connectivity index is 0.984. The highest BCUT2D eigenvalue weighted by molar-refractivity contribution is 7.25. The zero-order valence-corrected chi connectivity index (χ0v) is 30.8. The predicted octanol–water partition coefficient (Wildman–Crippen LogP) is 15.1. The largest absolute Gasteiger partial charge is 0.456 e. The number of para-hydroxylation sites is 1. The Morgan fingerprint density at radius 3 is 1.83 bits per heavy atom. The maximum absolute atomic E-state index is 6.42. The van der Waals surface area contributed by atoms with Crippen molar-refractivity contribution >= 4 is 70.5 Å². The summed E-state index contributed by atoms with van der Waals surface area (Å²) in [4.78, 5) is 2.34. The van der Waals surface area contributed by atoms with E-state index < -0.39 is 0 Å². The van der Waals surface area contributed by atoms with Crippen LogP contribution in [0.3, 0.4) is 0 Å². The second-order valence-corrected chi connectivity index (χ2v) is 16.0. The van der Waals surface area contributed by atoms with Crippen LogP contribution in [0, 0.1) is 0 Å². The van der Waals surface area contributed by atoms with Gasteiger partial charge in [0, 0.05) is 53.4 Å². The van der Waals surface area contributed by atoms with E-state index in [9.17, 15) is 0 Å². The predicted molar refractivity (Wildman–Crippen MR) is 230 cm³/mol. The molecule has 11 rings (SSSR count). The van der Waals surface area contributed by atoms with Crippen molar-refractivity contribution in [2.24, 2.45) is 0 Å². The Labute approximate surface area is 318 Å². The molecule has 0 amide bonds. The van der Waals surface area contributed by atoms with Crippen molar-refractivity contribution in [3.05, 3.63) is 187 Å². The van der Waals surface area contributed by atoms with E-state index in [1.165, 1.54) is 64.7 Å². The van der Waals surface area contributed by atoms with Crippen molar-refractivity contribution in [3.8, 4) is 33.4 Å². The fraction of sp³-hybridized carbons (Fsp3) is 0.0588. The summed E-state index contributed by atoms with van der Waals surface area (Å²) < 4.78 is 9.06. The molecular formula is C51H35NOS. The van der Waals surface area contributed by atoms with Crippen LogP contribution in [-0.2, 0) is 5.41 Å². The summed E-state index contributed by atoms with van der Waals surface area (Å²) >= 11 is 1.85. The number of hydrogen-bond acceptors (Lipinski definition) is 3. The quantitative estimate of drug-likeness (QED) is 0.177. The first-order valence-electron chi connectivity index (χ1n) is 18.6. The Kier molecular flexibility index (Phi) is 6.80. The zero-order valence-electron chi connectivity index (χ0n) is 30.0. The molecule has 2 nitrogen and oxygen atoms in total. The van der Waals surface area contributed by atoms with Gasteiger partial charge in [-0.15, -0.1) is 11.3 Å². The molecule has 0 radical (unpaired) electrons.